The van der Waals surface area contributed by atoms with Crippen molar-refractivity contribution in [1.29, 1.82) is 0 Å². The standard InChI is InChI=1S/C14H15BrN4O2/c1-19-14(10(15)6-17-19)11-4-5-13(21-9-2-3-9)12(18-11)7-16-8-20/h4-6,8-9H,2-3,7H2,1H3,(H,16,20). The van der Waals surface area contributed by atoms with E-state index in [2.05, 4.69) is 31.3 Å². The largest absolute Gasteiger partial charge is 0.488 e. The molecule has 6 nitrogen and oxygen atoms in total. The molecule has 1 N–H and O–H groups in total. The molecule has 0 aliphatic heterocycles. The molecule has 2 aromatic rings. The average Bonchev–Trinajstić information content (AvgIpc) is 3.23. The minimum Gasteiger partial charge on any atom is -0.488 e. The molecule has 1 aliphatic rings. The summed E-state index contributed by atoms with van der Waals surface area (Å²) in [6, 6.07) is 3.81. The third-order valence-electron chi connectivity index (χ3n) is 3.24. The molecule has 0 unspecified atom stereocenters. The molecule has 0 radical (unpaired) electrons. The maximum Gasteiger partial charge on any atom is 0.207 e. The van der Waals surface area contributed by atoms with Gasteiger partial charge in [0.2, 0.25) is 6.41 Å². The van der Waals surface area contributed by atoms with Crippen molar-refractivity contribution in [3.8, 4) is 17.1 Å². The third kappa shape index (κ3) is 3.07. The maximum atomic E-state index is 10.5. The highest BCUT2D eigenvalue weighted by atomic mass is 79.9. The van der Waals surface area contributed by atoms with Gasteiger partial charge in [0.1, 0.15) is 17.1 Å². The third-order valence-corrected chi connectivity index (χ3v) is 3.82. The van der Waals surface area contributed by atoms with Crippen LogP contribution < -0.4 is 10.1 Å². The van der Waals surface area contributed by atoms with Gasteiger partial charge >= 0.3 is 0 Å². The average molecular weight is 351 g/mol. The van der Waals surface area contributed by atoms with Crippen molar-refractivity contribution < 1.29 is 9.53 Å². The van der Waals surface area contributed by atoms with E-state index >= 15 is 0 Å². The molecule has 3 rings (SSSR count). The van der Waals surface area contributed by atoms with Crippen LogP contribution in [-0.4, -0.2) is 27.3 Å². The number of rotatable bonds is 6. The van der Waals surface area contributed by atoms with Crippen LogP contribution in [0.1, 0.15) is 18.5 Å². The molecular formula is C14H15BrN4O2. The van der Waals surface area contributed by atoms with Gasteiger partial charge in [-0.05, 0) is 40.9 Å². The highest BCUT2D eigenvalue weighted by Crippen LogP contribution is 2.32. The Labute approximate surface area is 130 Å². The molecular weight excluding hydrogens is 336 g/mol. The lowest BCUT2D eigenvalue weighted by atomic mass is 10.2. The Morgan fingerprint density at radius 2 is 2.33 bits per heavy atom. The molecule has 21 heavy (non-hydrogen) atoms. The van der Waals surface area contributed by atoms with Crippen LogP contribution in [-0.2, 0) is 18.4 Å². The SMILES string of the molecule is Cn1ncc(Br)c1-c1ccc(OC2CC2)c(CNC=O)n1. The predicted molar refractivity (Wildman–Crippen MR) is 80.7 cm³/mol. The summed E-state index contributed by atoms with van der Waals surface area (Å²) in [5.74, 6) is 0.730. The lowest BCUT2D eigenvalue weighted by Crippen LogP contribution is -2.13. The van der Waals surface area contributed by atoms with Crippen molar-refractivity contribution in [2.24, 2.45) is 7.05 Å². The van der Waals surface area contributed by atoms with E-state index in [1.165, 1.54) is 0 Å². The van der Waals surface area contributed by atoms with E-state index in [1.54, 1.807) is 10.9 Å². The molecule has 110 valence electrons. The summed E-state index contributed by atoms with van der Waals surface area (Å²) < 4.78 is 8.47. The van der Waals surface area contributed by atoms with Gasteiger partial charge in [-0.1, -0.05) is 0 Å². The Bertz CT molecular complexity index is 647. The normalized spacial score (nSPS) is 14.0. The zero-order valence-electron chi connectivity index (χ0n) is 11.5. The number of nitrogens with one attached hydrogen (secondary N) is 1. The minimum absolute atomic E-state index is 0.288. The number of hydrogen-bond acceptors (Lipinski definition) is 4. The van der Waals surface area contributed by atoms with Crippen molar-refractivity contribution in [1.82, 2.24) is 20.1 Å². The number of carbonyl (C=O) groups excluding carboxylic acids is 1. The first kappa shape index (κ1) is 14.1. The van der Waals surface area contributed by atoms with Gasteiger partial charge in [0.05, 0.1) is 29.0 Å². The van der Waals surface area contributed by atoms with Crippen molar-refractivity contribution in [2.75, 3.05) is 0 Å². The van der Waals surface area contributed by atoms with Crippen LogP contribution in [0.3, 0.4) is 0 Å². The Morgan fingerprint density at radius 1 is 1.52 bits per heavy atom. The van der Waals surface area contributed by atoms with Gasteiger partial charge in [-0.3, -0.25) is 9.48 Å². The molecule has 7 heteroatoms. The second kappa shape index (κ2) is 5.85. The zero-order valence-corrected chi connectivity index (χ0v) is 13.1. The summed E-state index contributed by atoms with van der Waals surface area (Å²) in [5, 5.41) is 6.84. The van der Waals surface area contributed by atoms with Gasteiger partial charge in [-0.2, -0.15) is 5.10 Å². The van der Waals surface area contributed by atoms with E-state index in [4.69, 9.17) is 4.74 Å². The zero-order chi connectivity index (χ0) is 14.8. The van der Waals surface area contributed by atoms with Crippen LogP contribution >= 0.6 is 15.9 Å². The first-order valence-electron chi connectivity index (χ1n) is 6.70. The fraction of sp³-hybridized carbons (Fsp3) is 0.357. The van der Waals surface area contributed by atoms with Crippen LogP contribution in [0.5, 0.6) is 5.75 Å². The number of carbonyl (C=O) groups is 1. The smallest absolute Gasteiger partial charge is 0.207 e. The number of amides is 1. The van der Waals surface area contributed by atoms with Crippen molar-refractivity contribution in [3.05, 3.63) is 28.5 Å². The van der Waals surface area contributed by atoms with Gasteiger partial charge in [0.15, 0.2) is 0 Å². The summed E-state index contributed by atoms with van der Waals surface area (Å²) in [6.07, 6.45) is 4.84. The van der Waals surface area contributed by atoms with Crippen molar-refractivity contribution in [2.45, 2.75) is 25.5 Å². The minimum atomic E-state index is 0.288. The van der Waals surface area contributed by atoms with E-state index in [9.17, 15) is 4.79 Å². The maximum absolute atomic E-state index is 10.5. The number of halogens is 1. The van der Waals surface area contributed by atoms with Crippen LogP contribution in [0.15, 0.2) is 22.8 Å². The van der Waals surface area contributed by atoms with Crippen molar-refractivity contribution in [3.63, 3.8) is 0 Å². The van der Waals surface area contributed by atoms with Gasteiger partial charge < -0.3 is 10.1 Å². The number of aromatic nitrogens is 3. The summed E-state index contributed by atoms with van der Waals surface area (Å²) in [7, 11) is 1.86. The Morgan fingerprint density at radius 3 is 2.95 bits per heavy atom. The first-order valence-corrected chi connectivity index (χ1v) is 7.50. The van der Waals surface area contributed by atoms with Gasteiger partial charge in [-0.25, -0.2) is 4.98 Å². The molecule has 0 saturated heterocycles. The summed E-state index contributed by atoms with van der Waals surface area (Å²) >= 11 is 3.47. The quantitative estimate of drug-likeness (QED) is 0.809. The lowest BCUT2D eigenvalue weighted by molar-refractivity contribution is -0.109. The van der Waals surface area contributed by atoms with Crippen LogP contribution in [0.4, 0.5) is 0 Å². The molecule has 1 saturated carbocycles. The van der Waals surface area contributed by atoms with Gasteiger partial charge in [-0.15, -0.1) is 0 Å². The van der Waals surface area contributed by atoms with Crippen LogP contribution in [0.25, 0.3) is 11.4 Å². The summed E-state index contributed by atoms with van der Waals surface area (Å²) in [4.78, 5) is 15.2. The second-order valence-electron chi connectivity index (χ2n) is 4.92. The molecule has 1 aliphatic carbocycles. The van der Waals surface area contributed by atoms with Crippen LogP contribution in [0.2, 0.25) is 0 Å². The van der Waals surface area contributed by atoms with E-state index in [0.717, 1.165) is 40.1 Å². The van der Waals surface area contributed by atoms with E-state index in [-0.39, 0.29) is 6.10 Å². The highest BCUT2D eigenvalue weighted by Gasteiger charge is 2.25. The summed E-state index contributed by atoms with van der Waals surface area (Å²) in [5.41, 5.74) is 2.40. The molecule has 2 heterocycles. The lowest BCUT2D eigenvalue weighted by Gasteiger charge is -2.12. The molecule has 2 aromatic heterocycles. The van der Waals surface area contributed by atoms with E-state index in [1.807, 2.05) is 19.2 Å². The topological polar surface area (TPSA) is 69.0 Å². The molecule has 0 bridgehead atoms. The molecule has 0 spiro atoms. The first-order chi connectivity index (χ1) is 10.2. The van der Waals surface area contributed by atoms with Gasteiger partial charge in [0, 0.05) is 7.05 Å². The molecule has 1 amide bonds. The predicted octanol–water partition coefficient (Wildman–Crippen LogP) is 2.03. The molecule has 0 atom stereocenters. The number of ether oxygens (including phenoxy) is 1. The van der Waals surface area contributed by atoms with E-state index in [0.29, 0.717) is 13.0 Å². The second-order valence-corrected chi connectivity index (χ2v) is 5.78. The number of aryl methyl sites for hydroxylation is 1. The Kier molecular flexibility index (Phi) is 3.92. The summed E-state index contributed by atoms with van der Waals surface area (Å²) in [6.45, 7) is 0.342. The fourth-order valence-electron chi connectivity index (χ4n) is 2.06. The monoisotopic (exact) mass is 350 g/mol. The van der Waals surface area contributed by atoms with Gasteiger partial charge in [0.25, 0.3) is 0 Å². The van der Waals surface area contributed by atoms with Crippen molar-refractivity contribution >= 4 is 22.3 Å². The van der Waals surface area contributed by atoms with Crippen LogP contribution in [0, 0.1) is 0 Å². The number of pyridine rings is 1. The number of hydrogen-bond donors (Lipinski definition) is 1. The molecule has 1 fully saturated rings. The number of nitrogens with zero attached hydrogens (tertiary/aromatic N) is 3. The fourth-order valence-corrected chi connectivity index (χ4v) is 2.61. The highest BCUT2D eigenvalue weighted by molar-refractivity contribution is 9.10. The Balaban J connectivity index is 1.96. The Hall–Kier alpha value is -1.89. The van der Waals surface area contributed by atoms with E-state index < -0.39 is 0 Å². The molecule has 0 aromatic carbocycles.